The number of hydrogen-bond acceptors (Lipinski definition) is 0. The van der Waals surface area contributed by atoms with Gasteiger partial charge in [0.25, 0.3) is 0 Å². The van der Waals surface area contributed by atoms with E-state index in [0.29, 0.717) is 81.2 Å². The summed E-state index contributed by atoms with van der Waals surface area (Å²) in [6, 6.07) is 0. The molecule has 0 radical (unpaired) electrons. The van der Waals surface area contributed by atoms with E-state index in [-0.39, 0.29) is 0 Å². The Hall–Kier alpha value is -0.520. The zero-order valence-electron chi connectivity index (χ0n) is 78.5. The van der Waals surface area contributed by atoms with E-state index in [1.165, 1.54) is 167 Å². The zero-order chi connectivity index (χ0) is 79.0. The quantitative estimate of drug-likeness (QED) is 0.0541. The van der Waals surface area contributed by atoms with Crippen molar-refractivity contribution in [3.8, 4) is 0 Å². The molecule has 0 spiro atoms. The summed E-state index contributed by atoms with van der Waals surface area (Å²) in [6.07, 6.45) is 44.5. The minimum absolute atomic E-state index is 0.338. The molecule has 0 aromatic rings. The average molecular weight is 1370 g/mol. The van der Waals surface area contributed by atoms with Crippen molar-refractivity contribution in [1.29, 1.82) is 0 Å². The molecule has 0 aliphatic rings. The highest BCUT2D eigenvalue weighted by atomic mass is 14.4. The largest absolute Gasteiger partial charge is 0.0880 e. The number of hydrogen-bond donors (Lipinski definition) is 0. The topological polar surface area (TPSA) is 0 Å². The first-order valence-electron chi connectivity index (χ1n) is 41.7. The van der Waals surface area contributed by atoms with Crippen LogP contribution in [0.2, 0.25) is 0 Å². The first-order chi connectivity index (χ1) is 42.4. The van der Waals surface area contributed by atoms with Gasteiger partial charge in [-0.1, -0.05) is 421 Å². The van der Waals surface area contributed by atoms with Crippen LogP contribution in [0.4, 0.5) is 0 Å². The molecular formula is C97H204. The molecule has 0 fully saturated rings. The highest BCUT2D eigenvalue weighted by molar-refractivity contribution is 4.93. The van der Waals surface area contributed by atoms with Crippen LogP contribution in [0.25, 0.3) is 0 Å². The van der Waals surface area contributed by atoms with Gasteiger partial charge < -0.3 is 0 Å². The molecule has 0 aliphatic carbocycles. The fourth-order valence-electron chi connectivity index (χ4n) is 12.0. The van der Waals surface area contributed by atoms with Gasteiger partial charge in [-0.15, -0.1) is 0 Å². The zero-order valence-corrected chi connectivity index (χ0v) is 78.5. The van der Waals surface area contributed by atoms with E-state index in [0.717, 1.165) is 23.7 Å². The van der Waals surface area contributed by atoms with Gasteiger partial charge in [-0.05, 0) is 208 Å². The predicted octanol–water partition coefficient (Wildman–Crippen LogP) is 36.4. The maximum atomic E-state index is 2.42. The second kappa shape index (κ2) is 49.3. The number of rotatable bonds is 28. The standard InChI is InChI=1S/4C15H32.C15H30.C14H28.C8H18/c1-13(2,3)9-11-15(7,8)12-10-14(4,5)6;1-13(2,3)10-9-11-15(7,8)12-14(4,5)6;1-13(2,3)11-9-10-12-15(7,8)14(4,5)6;2*1-13(12-15(5,6)7)10-8-9-11-14(2,3)4;1-12(14(5,6)7)10-8-9-11-13(2,3)4;1-4-5-6-7-8(2)3/h3*9-12H2,1-8H3;13H,8-12H2,1-7H3;9,11,13H,8,10,12H2,1-7H3;9,11-12H,8,10H2,1-7H3;8H,4-7H2,1-3H3/b;;;;2*11-9+;. The summed E-state index contributed by atoms with van der Waals surface area (Å²) in [5.74, 6) is 3.44. The van der Waals surface area contributed by atoms with Crippen molar-refractivity contribution in [3.05, 3.63) is 24.3 Å². The van der Waals surface area contributed by atoms with E-state index >= 15 is 0 Å². The monoisotopic (exact) mass is 1370 g/mol. The average Bonchev–Trinajstić information content (AvgIpc) is 0.856. The first kappa shape index (κ1) is 110. The second-order valence-corrected chi connectivity index (χ2v) is 48.9. The van der Waals surface area contributed by atoms with Crippen LogP contribution in [0.15, 0.2) is 24.3 Å². The summed E-state index contributed by atoms with van der Waals surface area (Å²) in [6.45, 7) is 112. The molecule has 0 bridgehead atoms. The molecule has 0 amide bonds. The van der Waals surface area contributed by atoms with Gasteiger partial charge in [0.1, 0.15) is 0 Å². The lowest BCUT2D eigenvalue weighted by atomic mass is 9.66. The summed E-state index contributed by atoms with van der Waals surface area (Å²) in [4.78, 5) is 0. The van der Waals surface area contributed by atoms with Crippen molar-refractivity contribution in [2.24, 2.45) is 105 Å². The Morgan fingerprint density at radius 1 is 0.268 bits per heavy atom. The second-order valence-electron chi connectivity index (χ2n) is 48.9. The predicted molar refractivity (Wildman–Crippen MR) is 461 cm³/mol. The molecule has 0 aromatic carbocycles. The minimum Gasteiger partial charge on any atom is -0.0880 e. The lowest BCUT2D eigenvalue weighted by molar-refractivity contribution is 0.114. The summed E-state index contributed by atoms with van der Waals surface area (Å²) >= 11 is 0. The van der Waals surface area contributed by atoms with E-state index in [4.69, 9.17) is 0 Å². The Morgan fingerprint density at radius 2 is 0.588 bits per heavy atom. The molecule has 0 heteroatoms. The fourth-order valence-corrected chi connectivity index (χ4v) is 12.0. The number of allylic oxidation sites excluding steroid dienone is 4. The van der Waals surface area contributed by atoms with Gasteiger partial charge in [0.2, 0.25) is 0 Å². The molecule has 97 heavy (non-hydrogen) atoms. The summed E-state index contributed by atoms with van der Waals surface area (Å²) in [5.41, 5.74) is 6.98. The third-order valence-corrected chi connectivity index (χ3v) is 19.4. The molecular weight excluding hydrogens is 1170 g/mol. The van der Waals surface area contributed by atoms with Gasteiger partial charge in [0.05, 0.1) is 0 Å². The van der Waals surface area contributed by atoms with E-state index in [1.807, 2.05) is 0 Å². The minimum atomic E-state index is 0.338. The van der Waals surface area contributed by atoms with E-state index in [2.05, 4.69) is 357 Å². The molecule has 0 heterocycles. The van der Waals surface area contributed by atoms with Crippen LogP contribution in [0.1, 0.15) is 499 Å². The van der Waals surface area contributed by atoms with Gasteiger partial charge in [-0.2, -0.15) is 0 Å². The van der Waals surface area contributed by atoms with Crippen molar-refractivity contribution in [1.82, 2.24) is 0 Å². The van der Waals surface area contributed by atoms with E-state index in [1.54, 1.807) is 0 Å². The van der Waals surface area contributed by atoms with Crippen LogP contribution < -0.4 is 0 Å². The molecule has 0 N–H and O–H groups in total. The Morgan fingerprint density at radius 3 is 0.887 bits per heavy atom. The SMILES string of the molecule is CC(C)(C)CCC(C)(C)CCC(C)(C)C.CC(C)(C)CCCC(C)(C)CC(C)(C)C.CC(C)(C)CCCCC(C)(C)C(C)(C)C.CC(CC/C=C/C(C)(C)C)C(C)(C)C.CC(CC/C=C/C(C)(C)C)CC(C)(C)C.CC(CCCCC(C)(C)C)CC(C)(C)C.CCCCCC(C)C. The first-order valence-corrected chi connectivity index (χ1v) is 41.7. The van der Waals surface area contributed by atoms with Crippen molar-refractivity contribution < 1.29 is 0 Å². The number of unbranched alkanes of at least 4 members (excludes halogenated alkanes) is 4. The van der Waals surface area contributed by atoms with Gasteiger partial charge >= 0.3 is 0 Å². The Kier molecular flexibility index (Phi) is 55.8. The van der Waals surface area contributed by atoms with Gasteiger partial charge in [-0.3, -0.25) is 0 Å². The maximum Gasteiger partial charge on any atom is -0.0203 e. The van der Waals surface area contributed by atoms with E-state index < -0.39 is 0 Å². The molecule has 592 valence electrons. The van der Waals surface area contributed by atoms with Crippen LogP contribution in [-0.4, -0.2) is 0 Å². The molecule has 0 aromatic heterocycles. The van der Waals surface area contributed by atoms with Gasteiger partial charge in [0.15, 0.2) is 0 Å². The Balaban J connectivity index is -0.000000196. The molecule has 0 aliphatic heterocycles. The third-order valence-electron chi connectivity index (χ3n) is 19.4. The van der Waals surface area contributed by atoms with Gasteiger partial charge in [-0.25, -0.2) is 0 Å². The van der Waals surface area contributed by atoms with Crippen molar-refractivity contribution in [2.45, 2.75) is 499 Å². The van der Waals surface area contributed by atoms with Crippen LogP contribution in [0.5, 0.6) is 0 Å². The molecule has 0 rings (SSSR count). The molecule has 0 saturated heterocycles. The Labute approximate surface area is 624 Å². The van der Waals surface area contributed by atoms with Crippen LogP contribution in [-0.2, 0) is 0 Å². The normalized spacial score (nSPS) is 14.7. The molecule has 3 atom stereocenters. The third kappa shape index (κ3) is 102. The summed E-state index contributed by atoms with van der Waals surface area (Å²) in [5, 5.41) is 0. The fraction of sp³-hybridized carbons (Fsp3) is 0.959. The van der Waals surface area contributed by atoms with E-state index in [9.17, 15) is 0 Å². The smallest absolute Gasteiger partial charge is 0.0203 e. The van der Waals surface area contributed by atoms with Crippen molar-refractivity contribution in [3.63, 3.8) is 0 Å². The lowest BCUT2D eigenvalue weighted by Crippen LogP contribution is -2.29. The molecule has 0 saturated carbocycles. The Bertz CT molecular complexity index is 1810. The van der Waals surface area contributed by atoms with Crippen LogP contribution >= 0.6 is 0 Å². The highest BCUT2D eigenvalue weighted by Crippen LogP contribution is 2.43. The lowest BCUT2D eigenvalue weighted by Gasteiger charge is -2.39. The summed E-state index contributed by atoms with van der Waals surface area (Å²) < 4.78 is 0. The van der Waals surface area contributed by atoms with Crippen molar-refractivity contribution >= 4 is 0 Å². The molecule has 3 unspecified atom stereocenters. The van der Waals surface area contributed by atoms with Crippen LogP contribution in [0, 0.1) is 105 Å². The molecule has 0 nitrogen and oxygen atoms in total. The van der Waals surface area contributed by atoms with Crippen molar-refractivity contribution in [2.75, 3.05) is 0 Å². The summed E-state index contributed by atoms with van der Waals surface area (Å²) in [7, 11) is 0. The van der Waals surface area contributed by atoms with Crippen LogP contribution in [0.3, 0.4) is 0 Å². The maximum absolute atomic E-state index is 2.42. The van der Waals surface area contributed by atoms with Gasteiger partial charge in [0, 0.05) is 0 Å². The highest BCUT2D eigenvalue weighted by Gasteiger charge is 2.32.